The molecule has 0 aromatic heterocycles. The first kappa shape index (κ1) is 14.1. The number of hydrogen-bond donors (Lipinski definition) is 2. The van der Waals surface area contributed by atoms with Crippen LogP contribution in [0.4, 0.5) is 5.69 Å². The summed E-state index contributed by atoms with van der Waals surface area (Å²) in [6.45, 7) is 4.29. The van der Waals surface area contributed by atoms with E-state index < -0.39 is 5.60 Å². The first-order chi connectivity index (χ1) is 9.11. The molecule has 1 aromatic rings. The highest BCUT2D eigenvalue weighted by Gasteiger charge is 2.45. The van der Waals surface area contributed by atoms with Gasteiger partial charge in [-0.2, -0.15) is 0 Å². The number of carbonyl (C=O) groups is 1. The number of benzene rings is 1. The maximum absolute atomic E-state index is 12.1. The molecule has 0 fully saturated rings. The van der Waals surface area contributed by atoms with Crippen molar-refractivity contribution in [3.8, 4) is 0 Å². The van der Waals surface area contributed by atoms with Crippen LogP contribution in [0.15, 0.2) is 24.3 Å². The summed E-state index contributed by atoms with van der Waals surface area (Å²) < 4.78 is 0. The van der Waals surface area contributed by atoms with Gasteiger partial charge >= 0.3 is 0 Å². The van der Waals surface area contributed by atoms with Gasteiger partial charge in [-0.1, -0.05) is 57.7 Å². The molecule has 0 bridgehead atoms. The molecular weight excluding hydrogens is 238 g/mol. The summed E-state index contributed by atoms with van der Waals surface area (Å²) in [5.41, 5.74) is 0.140. The molecule has 2 rings (SSSR count). The SMILES string of the molecule is CCCCC(CC)CC1(O)C(=O)Nc2ccccc21. The van der Waals surface area contributed by atoms with Crippen LogP contribution in [0.25, 0.3) is 0 Å². The van der Waals surface area contributed by atoms with E-state index in [1.54, 1.807) is 0 Å². The topological polar surface area (TPSA) is 49.3 Å². The van der Waals surface area contributed by atoms with Crippen molar-refractivity contribution in [2.75, 3.05) is 5.32 Å². The zero-order valence-electron chi connectivity index (χ0n) is 11.8. The number of fused-ring (bicyclic) bond motifs is 1. The average Bonchev–Trinajstić information content (AvgIpc) is 2.67. The Morgan fingerprint density at radius 2 is 2.05 bits per heavy atom. The van der Waals surface area contributed by atoms with Gasteiger partial charge in [0.1, 0.15) is 0 Å². The smallest absolute Gasteiger partial charge is 0.261 e. The van der Waals surface area contributed by atoms with E-state index in [0.717, 1.165) is 36.9 Å². The standard InChI is InChI=1S/C16H23NO2/c1-3-5-8-12(4-2)11-16(19)13-9-6-7-10-14(13)17-15(16)18/h6-7,9-10,12,19H,3-5,8,11H2,1-2H3,(H,17,18). The van der Waals surface area contributed by atoms with Gasteiger partial charge in [0.2, 0.25) is 0 Å². The Morgan fingerprint density at radius 1 is 1.32 bits per heavy atom. The predicted octanol–water partition coefficient (Wildman–Crippen LogP) is 3.43. The zero-order valence-corrected chi connectivity index (χ0v) is 11.8. The van der Waals surface area contributed by atoms with Crippen LogP contribution in [-0.2, 0) is 10.4 Å². The number of hydrogen-bond acceptors (Lipinski definition) is 2. The summed E-state index contributed by atoms with van der Waals surface area (Å²) in [6, 6.07) is 7.44. The molecule has 0 saturated carbocycles. The van der Waals surface area contributed by atoms with Gasteiger partial charge in [-0.15, -0.1) is 0 Å². The lowest BCUT2D eigenvalue weighted by Crippen LogP contribution is -2.36. The summed E-state index contributed by atoms with van der Waals surface area (Å²) in [5.74, 6) is 0.116. The van der Waals surface area contributed by atoms with E-state index in [0.29, 0.717) is 12.3 Å². The highest BCUT2D eigenvalue weighted by atomic mass is 16.3. The van der Waals surface area contributed by atoms with Crippen LogP contribution < -0.4 is 5.32 Å². The van der Waals surface area contributed by atoms with Crippen molar-refractivity contribution in [1.82, 2.24) is 0 Å². The molecule has 1 aliphatic rings. The van der Waals surface area contributed by atoms with Gasteiger partial charge in [-0.25, -0.2) is 0 Å². The maximum atomic E-state index is 12.1. The van der Waals surface area contributed by atoms with Gasteiger partial charge in [0.05, 0.1) is 0 Å². The zero-order chi connectivity index (χ0) is 13.9. The third kappa shape index (κ3) is 2.66. The van der Waals surface area contributed by atoms with Crippen LogP contribution in [0.1, 0.15) is 51.5 Å². The monoisotopic (exact) mass is 261 g/mol. The van der Waals surface area contributed by atoms with E-state index in [2.05, 4.69) is 19.2 Å². The molecule has 2 N–H and O–H groups in total. The molecule has 0 saturated heterocycles. The molecule has 3 heteroatoms. The van der Waals surface area contributed by atoms with E-state index in [1.807, 2.05) is 24.3 Å². The summed E-state index contributed by atoms with van der Waals surface area (Å²) in [6.07, 6.45) is 4.89. The minimum absolute atomic E-state index is 0.274. The molecule has 0 radical (unpaired) electrons. The van der Waals surface area contributed by atoms with Gasteiger partial charge < -0.3 is 10.4 Å². The predicted molar refractivity (Wildman–Crippen MR) is 76.9 cm³/mol. The van der Waals surface area contributed by atoms with Gasteiger partial charge in [0.25, 0.3) is 5.91 Å². The number of unbranched alkanes of at least 4 members (excludes halogenated alkanes) is 1. The quantitative estimate of drug-likeness (QED) is 0.824. The van der Waals surface area contributed by atoms with E-state index in [4.69, 9.17) is 0 Å². The van der Waals surface area contributed by atoms with Crippen LogP contribution in [0.3, 0.4) is 0 Å². The number of para-hydroxylation sites is 1. The second-order valence-corrected chi connectivity index (χ2v) is 5.48. The minimum atomic E-state index is -1.34. The molecule has 1 aliphatic heterocycles. The lowest BCUT2D eigenvalue weighted by molar-refractivity contribution is -0.135. The van der Waals surface area contributed by atoms with Crippen LogP contribution >= 0.6 is 0 Å². The fraction of sp³-hybridized carbons (Fsp3) is 0.562. The second kappa shape index (κ2) is 5.74. The van der Waals surface area contributed by atoms with Crippen LogP contribution in [-0.4, -0.2) is 11.0 Å². The molecular formula is C16H23NO2. The molecule has 1 heterocycles. The Bertz CT molecular complexity index is 458. The third-order valence-electron chi connectivity index (χ3n) is 4.12. The number of aliphatic hydroxyl groups is 1. The minimum Gasteiger partial charge on any atom is -0.375 e. The molecule has 19 heavy (non-hydrogen) atoms. The molecule has 1 aromatic carbocycles. The van der Waals surface area contributed by atoms with Crippen LogP contribution in [0.2, 0.25) is 0 Å². The van der Waals surface area contributed by atoms with Crippen molar-refractivity contribution in [3.05, 3.63) is 29.8 Å². The van der Waals surface area contributed by atoms with E-state index in [9.17, 15) is 9.90 Å². The Labute approximate surface area is 115 Å². The number of rotatable bonds is 6. The van der Waals surface area contributed by atoms with Crippen molar-refractivity contribution >= 4 is 11.6 Å². The van der Waals surface area contributed by atoms with E-state index >= 15 is 0 Å². The Hall–Kier alpha value is -1.35. The molecule has 1 amide bonds. The number of amides is 1. The van der Waals surface area contributed by atoms with Crippen LogP contribution in [0.5, 0.6) is 0 Å². The molecule has 3 nitrogen and oxygen atoms in total. The van der Waals surface area contributed by atoms with Gasteiger partial charge in [-0.05, 0) is 18.4 Å². The molecule has 104 valence electrons. The highest BCUT2D eigenvalue weighted by Crippen LogP contribution is 2.41. The van der Waals surface area contributed by atoms with Gasteiger partial charge in [-0.3, -0.25) is 4.79 Å². The Balaban J connectivity index is 2.19. The molecule has 2 unspecified atom stereocenters. The summed E-state index contributed by atoms with van der Waals surface area (Å²) >= 11 is 0. The van der Waals surface area contributed by atoms with Crippen molar-refractivity contribution < 1.29 is 9.90 Å². The fourth-order valence-corrected chi connectivity index (χ4v) is 2.86. The normalized spacial score (nSPS) is 23.0. The van der Waals surface area contributed by atoms with Crippen molar-refractivity contribution in [1.29, 1.82) is 0 Å². The lowest BCUT2D eigenvalue weighted by Gasteiger charge is -2.26. The number of nitrogens with one attached hydrogen (secondary N) is 1. The first-order valence-corrected chi connectivity index (χ1v) is 7.25. The molecule has 0 aliphatic carbocycles. The van der Waals surface area contributed by atoms with E-state index in [-0.39, 0.29) is 5.91 Å². The number of carbonyl (C=O) groups excluding carboxylic acids is 1. The number of anilines is 1. The first-order valence-electron chi connectivity index (χ1n) is 7.25. The van der Waals surface area contributed by atoms with Gasteiger partial charge in [0, 0.05) is 11.3 Å². The average molecular weight is 261 g/mol. The second-order valence-electron chi connectivity index (χ2n) is 5.48. The largest absolute Gasteiger partial charge is 0.375 e. The maximum Gasteiger partial charge on any atom is 0.261 e. The summed E-state index contributed by atoms with van der Waals surface area (Å²) in [4.78, 5) is 12.1. The molecule has 2 atom stereocenters. The molecule has 0 spiro atoms. The Morgan fingerprint density at radius 3 is 2.74 bits per heavy atom. The van der Waals surface area contributed by atoms with Crippen molar-refractivity contribution in [2.45, 2.75) is 51.6 Å². The van der Waals surface area contributed by atoms with Gasteiger partial charge in [0.15, 0.2) is 5.60 Å². The third-order valence-corrected chi connectivity index (χ3v) is 4.12. The lowest BCUT2D eigenvalue weighted by atomic mass is 9.82. The van der Waals surface area contributed by atoms with Crippen molar-refractivity contribution in [2.24, 2.45) is 5.92 Å². The van der Waals surface area contributed by atoms with Crippen LogP contribution in [0, 0.1) is 5.92 Å². The fourth-order valence-electron chi connectivity index (χ4n) is 2.86. The Kier molecular flexibility index (Phi) is 4.25. The summed E-state index contributed by atoms with van der Waals surface area (Å²) in [7, 11) is 0. The highest BCUT2D eigenvalue weighted by molar-refractivity contribution is 6.04. The van der Waals surface area contributed by atoms with E-state index in [1.165, 1.54) is 0 Å². The van der Waals surface area contributed by atoms with Crippen molar-refractivity contribution in [3.63, 3.8) is 0 Å². The summed E-state index contributed by atoms with van der Waals surface area (Å²) in [5, 5.41) is 13.6.